The van der Waals surface area contributed by atoms with E-state index >= 15 is 0 Å². The van der Waals surface area contributed by atoms with E-state index in [-0.39, 0.29) is 12.3 Å². The first-order chi connectivity index (χ1) is 8.27. The zero-order valence-electron chi connectivity index (χ0n) is 9.47. The molecule has 2 N–H and O–H groups in total. The molecule has 0 aromatic heterocycles. The van der Waals surface area contributed by atoms with Crippen LogP contribution in [0.15, 0.2) is 54.6 Å². The van der Waals surface area contributed by atoms with Gasteiger partial charge in [-0.2, -0.15) is 0 Å². The summed E-state index contributed by atoms with van der Waals surface area (Å²) in [7, 11) is 0. The van der Waals surface area contributed by atoms with Gasteiger partial charge in [0.05, 0.1) is 0 Å². The first-order valence-electron chi connectivity index (χ1n) is 5.53. The fourth-order valence-corrected chi connectivity index (χ4v) is 1.77. The molecule has 2 rings (SSSR count). The number of rotatable bonds is 4. The zero-order chi connectivity index (χ0) is 12.1. The van der Waals surface area contributed by atoms with E-state index in [0.29, 0.717) is 0 Å². The number of carbonyl (C=O) groups excluding carboxylic acids is 1. The summed E-state index contributed by atoms with van der Waals surface area (Å²) in [5.74, 6) is -0.312. The van der Waals surface area contributed by atoms with Crippen molar-refractivity contribution in [1.29, 1.82) is 0 Å². The van der Waals surface area contributed by atoms with Crippen LogP contribution in [0.1, 0.15) is 12.0 Å². The summed E-state index contributed by atoms with van der Waals surface area (Å²) in [5.41, 5.74) is 8.46. The second kappa shape index (κ2) is 5.30. The van der Waals surface area contributed by atoms with E-state index in [1.165, 1.54) is 0 Å². The molecular weight excluding hydrogens is 210 g/mol. The molecule has 0 heterocycles. The number of benzene rings is 2. The Balaban J connectivity index is 2.31. The third-order valence-electron chi connectivity index (χ3n) is 2.57. The van der Waals surface area contributed by atoms with Crippen molar-refractivity contribution in [3.8, 4) is 11.1 Å². The molecule has 2 aromatic rings. The Morgan fingerprint density at radius 3 is 2.35 bits per heavy atom. The second-order valence-electron chi connectivity index (χ2n) is 3.83. The van der Waals surface area contributed by atoms with Crippen molar-refractivity contribution in [3.63, 3.8) is 0 Å². The van der Waals surface area contributed by atoms with Crippen LogP contribution in [0, 0.1) is 6.42 Å². The average molecular weight is 224 g/mol. The third kappa shape index (κ3) is 2.94. The van der Waals surface area contributed by atoms with Crippen molar-refractivity contribution in [2.24, 2.45) is 5.73 Å². The molecule has 0 atom stereocenters. The van der Waals surface area contributed by atoms with Crippen LogP contribution in [0.2, 0.25) is 0 Å². The molecule has 85 valence electrons. The Kier molecular flexibility index (Phi) is 3.55. The van der Waals surface area contributed by atoms with Crippen LogP contribution in [-0.4, -0.2) is 5.91 Å². The fraction of sp³-hybridized carbons (Fsp3) is 0.0667. The Morgan fingerprint density at radius 1 is 1.00 bits per heavy atom. The van der Waals surface area contributed by atoms with Gasteiger partial charge < -0.3 is 5.73 Å². The minimum Gasteiger partial charge on any atom is -0.370 e. The lowest BCUT2D eigenvalue weighted by Crippen LogP contribution is -2.10. The molecule has 1 amide bonds. The molecule has 0 saturated heterocycles. The van der Waals surface area contributed by atoms with Crippen molar-refractivity contribution < 1.29 is 4.79 Å². The highest BCUT2D eigenvalue weighted by atomic mass is 16.1. The number of hydrogen-bond donors (Lipinski definition) is 1. The Labute approximate surface area is 101 Å². The summed E-state index contributed by atoms with van der Waals surface area (Å²) in [4.78, 5) is 10.8. The molecule has 0 fully saturated rings. The maximum Gasteiger partial charge on any atom is 0.218 e. The van der Waals surface area contributed by atoms with Crippen LogP contribution in [0.5, 0.6) is 0 Å². The minimum atomic E-state index is -0.312. The van der Waals surface area contributed by atoms with Crippen LogP contribution < -0.4 is 5.73 Å². The van der Waals surface area contributed by atoms with Gasteiger partial charge in [0.15, 0.2) is 0 Å². The minimum absolute atomic E-state index is 0.268. The van der Waals surface area contributed by atoms with Crippen LogP contribution in [-0.2, 0) is 4.79 Å². The molecule has 0 aliphatic heterocycles. The summed E-state index contributed by atoms with van der Waals surface area (Å²) in [5, 5.41) is 0. The number of carbonyl (C=O) groups is 1. The summed E-state index contributed by atoms with van der Waals surface area (Å²) in [6.45, 7) is 0. The third-order valence-corrected chi connectivity index (χ3v) is 2.57. The molecule has 0 aliphatic rings. The number of hydrogen-bond acceptors (Lipinski definition) is 1. The molecular formula is C15H14NO. The van der Waals surface area contributed by atoms with Crippen LogP contribution in [0.4, 0.5) is 0 Å². The molecule has 0 aliphatic carbocycles. The summed E-state index contributed by atoms with van der Waals surface area (Å²) >= 11 is 0. The molecule has 0 bridgehead atoms. The Hall–Kier alpha value is -2.09. The van der Waals surface area contributed by atoms with Crippen LogP contribution in [0.3, 0.4) is 0 Å². The molecule has 0 unspecified atom stereocenters. The molecule has 0 saturated carbocycles. The summed E-state index contributed by atoms with van der Waals surface area (Å²) in [6, 6.07) is 18.1. The predicted molar refractivity (Wildman–Crippen MR) is 69.1 cm³/mol. The number of nitrogens with two attached hydrogens (primary N) is 1. The monoisotopic (exact) mass is 224 g/mol. The normalized spacial score (nSPS) is 10.1. The van der Waals surface area contributed by atoms with Crippen molar-refractivity contribution in [2.75, 3.05) is 0 Å². The summed E-state index contributed by atoms with van der Waals surface area (Å²) < 4.78 is 0. The molecule has 2 heteroatoms. The van der Waals surface area contributed by atoms with Gasteiger partial charge in [0.25, 0.3) is 0 Å². The van der Waals surface area contributed by atoms with Crippen molar-refractivity contribution in [1.82, 2.24) is 0 Å². The van der Waals surface area contributed by atoms with Crippen molar-refractivity contribution >= 4 is 5.91 Å². The van der Waals surface area contributed by atoms with E-state index in [1.807, 2.05) is 48.9 Å². The first-order valence-corrected chi connectivity index (χ1v) is 5.53. The smallest absolute Gasteiger partial charge is 0.218 e. The van der Waals surface area contributed by atoms with E-state index < -0.39 is 0 Å². The first kappa shape index (κ1) is 11.4. The maximum absolute atomic E-state index is 10.8. The van der Waals surface area contributed by atoms with Gasteiger partial charge >= 0.3 is 0 Å². The number of primary amides is 1. The SMILES string of the molecule is NC(=O)C[CH]c1ccccc1-c1ccccc1. The van der Waals surface area contributed by atoms with E-state index in [2.05, 4.69) is 12.1 Å². The largest absolute Gasteiger partial charge is 0.370 e. The van der Waals surface area contributed by atoms with Gasteiger partial charge in [0.1, 0.15) is 0 Å². The van der Waals surface area contributed by atoms with E-state index in [1.54, 1.807) is 0 Å². The van der Waals surface area contributed by atoms with Gasteiger partial charge in [-0.25, -0.2) is 0 Å². The molecule has 2 aromatic carbocycles. The molecule has 1 radical (unpaired) electrons. The molecule has 2 nitrogen and oxygen atoms in total. The molecule has 0 spiro atoms. The van der Waals surface area contributed by atoms with E-state index in [4.69, 9.17) is 5.73 Å². The van der Waals surface area contributed by atoms with E-state index in [9.17, 15) is 4.79 Å². The quantitative estimate of drug-likeness (QED) is 0.852. The zero-order valence-corrected chi connectivity index (χ0v) is 9.47. The second-order valence-corrected chi connectivity index (χ2v) is 3.83. The average Bonchev–Trinajstić information content (AvgIpc) is 2.38. The van der Waals surface area contributed by atoms with Gasteiger partial charge in [0, 0.05) is 12.8 Å². The lowest BCUT2D eigenvalue weighted by Gasteiger charge is -2.08. The topological polar surface area (TPSA) is 43.1 Å². The summed E-state index contributed by atoms with van der Waals surface area (Å²) in [6.07, 6.45) is 2.13. The standard InChI is InChI=1S/C15H14NO/c16-15(17)11-10-13-8-4-5-9-14(13)12-6-2-1-3-7-12/h1-10H,11H2,(H2,16,17). The fourth-order valence-electron chi connectivity index (χ4n) is 1.77. The number of amides is 1. The van der Waals surface area contributed by atoms with Gasteiger partial charge in [-0.1, -0.05) is 54.6 Å². The lowest BCUT2D eigenvalue weighted by atomic mass is 9.97. The highest BCUT2D eigenvalue weighted by molar-refractivity contribution is 5.77. The predicted octanol–water partition coefficient (Wildman–Crippen LogP) is 2.78. The van der Waals surface area contributed by atoms with Crippen molar-refractivity contribution in [2.45, 2.75) is 6.42 Å². The maximum atomic E-state index is 10.8. The van der Waals surface area contributed by atoms with Crippen molar-refractivity contribution in [3.05, 3.63) is 66.6 Å². The van der Waals surface area contributed by atoms with Gasteiger partial charge in [-0.15, -0.1) is 0 Å². The lowest BCUT2D eigenvalue weighted by molar-refractivity contribution is -0.117. The van der Waals surface area contributed by atoms with Crippen LogP contribution >= 0.6 is 0 Å². The van der Waals surface area contributed by atoms with Gasteiger partial charge in [0.2, 0.25) is 5.91 Å². The van der Waals surface area contributed by atoms with Gasteiger partial charge in [-0.05, 0) is 16.7 Å². The van der Waals surface area contributed by atoms with Gasteiger partial charge in [-0.3, -0.25) is 4.79 Å². The molecule has 17 heavy (non-hydrogen) atoms. The highest BCUT2D eigenvalue weighted by Gasteiger charge is 2.05. The van der Waals surface area contributed by atoms with E-state index in [0.717, 1.165) is 16.7 Å². The Bertz CT molecular complexity index is 505. The Morgan fingerprint density at radius 2 is 1.65 bits per heavy atom. The van der Waals surface area contributed by atoms with Crippen LogP contribution in [0.25, 0.3) is 11.1 Å². The highest BCUT2D eigenvalue weighted by Crippen LogP contribution is 2.24.